The molecule has 0 heterocycles. The Hall–Kier alpha value is -2.44. The minimum Gasteiger partial charge on any atom is -0.366 e. The van der Waals surface area contributed by atoms with Gasteiger partial charge in [-0.15, -0.1) is 0 Å². The first-order valence-electron chi connectivity index (χ1n) is 7.88. The van der Waals surface area contributed by atoms with Crippen molar-refractivity contribution in [2.24, 2.45) is 5.73 Å². The van der Waals surface area contributed by atoms with Gasteiger partial charge in [-0.3, -0.25) is 4.79 Å². The summed E-state index contributed by atoms with van der Waals surface area (Å²) < 4.78 is 0. The van der Waals surface area contributed by atoms with Gasteiger partial charge in [0.1, 0.15) is 0 Å². The van der Waals surface area contributed by atoms with E-state index in [1.807, 2.05) is 50.2 Å². The molecule has 3 heteroatoms. The summed E-state index contributed by atoms with van der Waals surface area (Å²) >= 11 is 0. The molecular formula is C21H24NOP. The molecule has 0 atom stereocenters. The third kappa shape index (κ3) is 4.78. The summed E-state index contributed by atoms with van der Waals surface area (Å²) in [6, 6.07) is 20.2. The predicted molar refractivity (Wildman–Crippen MR) is 107 cm³/mol. The highest BCUT2D eigenvalue weighted by atomic mass is 31.1. The summed E-state index contributed by atoms with van der Waals surface area (Å²) in [5.41, 5.74) is 5.94. The van der Waals surface area contributed by atoms with Gasteiger partial charge in [0, 0.05) is 5.57 Å². The zero-order valence-corrected chi connectivity index (χ0v) is 15.2. The lowest BCUT2D eigenvalue weighted by Gasteiger charge is -2.21. The van der Waals surface area contributed by atoms with Crippen molar-refractivity contribution < 1.29 is 4.79 Å². The second kappa shape index (κ2) is 10.4. The molecule has 0 unspecified atom stereocenters. The van der Waals surface area contributed by atoms with Crippen molar-refractivity contribution in [2.75, 3.05) is 0 Å². The maximum absolute atomic E-state index is 11.8. The zero-order chi connectivity index (χ0) is 17.9. The van der Waals surface area contributed by atoms with Crippen LogP contribution in [0.4, 0.5) is 0 Å². The van der Waals surface area contributed by atoms with Gasteiger partial charge in [-0.1, -0.05) is 99.8 Å². The van der Waals surface area contributed by atoms with E-state index in [1.165, 1.54) is 6.08 Å². The van der Waals surface area contributed by atoms with Crippen molar-refractivity contribution in [3.8, 4) is 0 Å². The Morgan fingerprint density at radius 3 is 1.58 bits per heavy atom. The summed E-state index contributed by atoms with van der Waals surface area (Å²) in [6.07, 6.45) is 3.23. The molecule has 1 amide bonds. The van der Waals surface area contributed by atoms with Crippen LogP contribution in [0.1, 0.15) is 13.8 Å². The average Bonchev–Trinajstić information content (AvgIpc) is 2.64. The molecule has 24 heavy (non-hydrogen) atoms. The smallest absolute Gasteiger partial charge is 0.249 e. The van der Waals surface area contributed by atoms with Gasteiger partial charge in [0.15, 0.2) is 0 Å². The van der Waals surface area contributed by atoms with E-state index in [0.29, 0.717) is 5.57 Å². The molecule has 2 rings (SSSR count). The van der Waals surface area contributed by atoms with Gasteiger partial charge in [0.05, 0.1) is 0 Å². The van der Waals surface area contributed by atoms with Gasteiger partial charge < -0.3 is 5.73 Å². The fraction of sp³-hybridized carbons (Fsp3) is 0.0952. The third-order valence-corrected chi connectivity index (χ3v) is 5.74. The monoisotopic (exact) mass is 337 g/mol. The summed E-state index contributed by atoms with van der Waals surface area (Å²) in [5.74, 6) is -0.482. The summed E-state index contributed by atoms with van der Waals surface area (Å²) in [4.78, 5) is 11.8. The van der Waals surface area contributed by atoms with E-state index < -0.39 is 13.8 Å². The molecule has 2 aromatic carbocycles. The Bertz CT molecular complexity index is 666. The standard InChI is InChI=1S/C19H18NOP.C2H6/c1-3-17(19(20)21)18(4-2)22(15-11-7-5-8-12-15)16-13-9-6-10-14-16;1-2/h3-14H,1-2H2,(H2,20,21);1-2H3/b18-17-;. The minimum absolute atomic E-state index is 0.425. The van der Waals surface area contributed by atoms with E-state index >= 15 is 0 Å². The number of carbonyl (C=O) groups excluding carboxylic acids is 1. The fourth-order valence-electron chi connectivity index (χ4n) is 2.23. The molecule has 0 fully saturated rings. The van der Waals surface area contributed by atoms with Crippen LogP contribution in [0.3, 0.4) is 0 Å². The second-order valence-electron chi connectivity index (χ2n) is 4.58. The topological polar surface area (TPSA) is 43.1 Å². The van der Waals surface area contributed by atoms with E-state index in [2.05, 4.69) is 37.4 Å². The largest absolute Gasteiger partial charge is 0.366 e. The Kier molecular flexibility index (Phi) is 8.46. The molecule has 0 radical (unpaired) electrons. The molecule has 0 aromatic heterocycles. The molecule has 0 aliphatic heterocycles. The van der Waals surface area contributed by atoms with Crippen LogP contribution < -0.4 is 16.3 Å². The van der Waals surface area contributed by atoms with Crippen LogP contribution in [0.25, 0.3) is 0 Å². The first kappa shape index (κ1) is 19.6. The highest BCUT2D eigenvalue weighted by molar-refractivity contribution is 7.77. The molecule has 0 saturated heterocycles. The van der Waals surface area contributed by atoms with Crippen molar-refractivity contribution in [1.82, 2.24) is 0 Å². The van der Waals surface area contributed by atoms with E-state index in [1.54, 1.807) is 6.08 Å². The molecular weight excluding hydrogens is 313 g/mol. The normalized spacial score (nSPS) is 11.0. The molecule has 2 nitrogen and oxygen atoms in total. The quantitative estimate of drug-likeness (QED) is 0.478. The average molecular weight is 337 g/mol. The van der Waals surface area contributed by atoms with Crippen LogP contribution in [0.2, 0.25) is 0 Å². The molecule has 0 bridgehead atoms. The lowest BCUT2D eigenvalue weighted by Crippen LogP contribution is -2.18. The number of amides is 1. The maximum atomic E-state index is 11.8. The van der Waals surface area contributed by atoms with Gasteiger partial charge in [-0.2, -0.15) is 0 Å². The number of rotatable bonds is 6. The Balaban J connectivity index is 0.00000139. The van der Waals surface area contributed by atoms with Crippen molar-refractivity contribution in [3.05, 3.63) is 96.9 Å². The summed E-state index contributed by atoms with van der Waals surface area (Å²) in [5, 5.41) is 3.10. The number of benzene rings is 2. The third-order valence-electron chi connectivity index (χ3n) is 3.21. The number of carbonyl (C=O) groups is 1. The summed E-state index contributed by atoms with van der Waals surface area (Å²) in [7, 11) is -0.903. The van der Waals surface area contributed by atoms with E-state index in [4.69, 9.17) is 5.73 Å². The fourth-order valence-corrected chi connectivity index (χ4v) is 4.65. The van der Waals surface area contributed by atoms with E-state index in [0.717, 1.165) is 15.9 Å². The Morgan fingerprint density at radius 2 is 1.29 bits per heavy atom. The van der Waals surface area contributed by atoms with Gasteiger partial charge >= 0.3 is 0 Å². The van der Waals surface area contributed by atoms with Crippen molar-refractivity contribution in [3.63, 3.8) is 0 Å². The van der Waals surface area contributed by atoms with Crippen LogP contribution in [0.5, 0.6) is 0 Å². The summed E-state index contributed by atoms with van der Waals surface area (Å²) in [6.45, 7) is 11.6. The van der Waals surface area contributed by atoms with Crippen LogP contribution in [0, 0.1) is 0 Å². The van der Waals surface area contributed by atoms with Gasteiger partial charge in [-0.05, 0) is 23.8 Å². The van der Waals surface area contributed by atoms with Crippen LogP contribution in [-0.2, 0) is 4.79 Å². The van der Waals surface area contributed by atoms with Crippen molar-refractivity contribution in [2.45, 2.75) is 13.8 Å². The van der Waals surface area contributed by atoms with Gasteiger partial charge in [0.2, 0.25) is 5.91 Å². The number of hydrogen-bond acceptors (Lipinski definition) is 1. The van der Waals surface area contributed by atoms with E-state index in [9.17, 15) is 4.79 Å². The molecule has 2 N–H and O–H groups in total. The molecule has 2 aromatic rings. The highest BCUT2D eigenvalue weighted by Gasteiger charge is 2.20. The Morgan fingerprint density at radius 1 is 0.875 bits per heavy atom. The molecule has 0 aliphatic rings. The van der Waals surface area contributed by atoms with E-state index in [-0.39, 0.29) is 0 Å². The lowest BCUT2D eigenvalue weighted by atomic mass is 10.2. The number of primary amides is 1. The zero-order valence-electron chi connectivity index (χ0n) is 14.3. The number of hydrogen-bond donors (Lipinski definition) is 1. The molecule has 0 saturated carbocycles. The highest BCUT2D eigenvalue weighted by Crippen LogP contribution is 2.45. The van der Waals surface area contributed by atoms with Crippen LogP contribution in [-0.4, -0.2) is 5.91 Å². The Labute approximate surface area is 146 Å². The molecule has 0 spiro atoms. The van der Waals surface area contributed by atoms with Crippen molar-refractivity contribution in [1.29, 1.82) is 0 Å². The minimum atomic E-state index is -0.903. The van der Waals surface area contributed by atoms with Gasteiger partial charge in [0.25, 0.3) is 0 Å². The molecule has 124 valence electrons. The first-order chi connectivity index (χ1) is 11.7. The second-order valence-corrected chi connectivity index (χ2v) is 6.76. The number of nitrogens with two attached hydrogens (primary N) is 1. The predicted octanol–water partition coefficient (Wildman–Crippen LogP) is 4.26. The van der Waals surface area contributed by atoms with Gasteiger partial charge in [-0.25, -0.2) is 0 Å². The van der Waals surface area contributed by atoms with Crippen LogP contribution >= 0.6 is 7.92 Å². The molecule has 0 aliphatic carbocycles. The first-order valence-corrected chi connectivity index (χ1v) is 9.22. The SMILES string of the molecule is C=C/C(C(N)=O)=C(\C=C)P(c1ccccc1)c1ccccc1.CC. The number of allylic oxidation sites excluding steroid dienone is 2. The van der Waals surface area contributed by atoms with Crippen molar-refractivity contribution >= 4 is 24.4 Å². The van der Waals surface area contributed by atoms with Crippen LogP contribution in [0.15, 0.2) is 96.9 Å². The lowest BCUT2D eigenvalue weighted by molar-refractivity contribution is -0.114. The maximum Gasteiger partial charge on any atom is 0.249 e.